The van der Waals surface area contributed by atoms with Crippen LogP contribution in [0.1, 0.15) is 46.1 Å². The molecule has 146 valence electrons. The summed E-state index contributed by atoms with van der Waals surface area (Å²) in [5, 5.41) is 13.8. The number of aryl methyl sites for hydroxylation is 1. The third-order valence-electron chi connectivity index (χ3n) is 4.90. The monoisotopic (exact) mass is 412 g/mol. The summed E-state index contributed by atoms with van der Waals surface area (Å²) in [6.45, 7) is 1.56. The standard InChI is InChI=1S/C21H24N4OS2/c26-21(17-8-3-4-9-18(17)28-15-16-7-6-14-27-16)22-12-11-20-24-23-19-10-2-1-5-13-25(19)20/h3-4,6-9,14H,1-2,5,10-13,15H2,(H,22,26). The molecular weight excluding hydrogens is 388 g/mol. The van der Waals surface area contributed by atoms with Gasteiger partial charge >= 0.3 is 0 Å². The molecule has 0 fully saturated rings. The first-order valence-electron chi connectivity index (χ1n) is 9.74. The molecule has 0 saturated heterocycles. The van der Waals surface area contributed by atoms with Crippen LogP contribution in [-0.4, -0.2) is 27.2 Å². The van der Waals surface area contributed by atoms with Crippen LogP contribution in [0, 0.1) is 0 Å². The summed E-state index contributed by atoms with van der Waals surface area (Å²) in [7, 11) is 0. The van der Waals surface area contributed by atoms with Gasteiger partial charge in [-0.15, -0.1) is 33.3 Å². The number of hydrogen-bond acceptors (Lipinski definition) is 5. The van der Waals surface area contributed by atoms with E-state index in [0.29, 0.717) is 13.0 Å². The van der Waals surface area contributed by atoms with Gasteiger partial charge in [-0.1, -0.05) is 24.6 Å². The lowest BCUT2D eigenvalue weighted by Gasteiger charge is -2.10. The molecule has 28 heavy (non-hydrogen) atoms. The maximum atomic E-state index is 12.7. The van der Waals surface area contributed by atoms with E-state index in [0.717, 1.165) is 40.8 Å². The Morgan fingerprint density at radius 1 is 1.14 bits per heavy atom. The van der Waals surface area contributed by atoms with Gasteiger partial charge in [0.15, 0.2) is 0 Å². The summed E-state index contributed by atoms with van der Waals surface area (Å²) in [6.07, 6.45) is 5.34. The third-order valence-corrected chi connectivity index (χ3v) is 7.08. The van der Waals surface area contributed by atoms with E-state index in [1.165, 1.54) is 24.1 Å². The number of aromatic nitrogens is 3. The molecule has 5 nitrogen and oxygen atoms in total. The Morgan fingerprint density at radius 3 is 2.96 bits per heavy atom. The molecular formula is C21H24N4OS2. The van der Waals surface area contributed by atoms with E-state index in [1.54, 1.807) is 23.1 Å². The largest absolute Gasteiger partial charge is 0.352 e. The zero-order valence-electron chi connectivity index (χ0n) is 15.8. The summed E-state index contributed by atoms with van der Waals surface area (Å²) >= 11 is 3.45. The van der Waals surface area contributed by atoms with Crippen molar-refractivity contribution in [2.24, 2.45) is 0 Å². The van der Waals surface area contributed by atoms with E-state index in [4.69, 9.17) is 0 Å². The fourth-order valence-corrected chi connectivity index (χ4v) is 5.26. The van der Waals surface area contributed by atoms with Crippen LogP contribution in [0.2, 0.25) is 0 Å². The zero-order valence-corrected chi connectivity index (χ0v) is 17.4. The highest BCUT2D eigenvalue weighted by Crippen LogP contribution is 2.28. The Morgan fingerprint density at radius 2 is 2.07 bits per heavy atom. The predicted molar refractivity (Wildman–Crippen MR) is 114 cm³/mol. The minimum absolute atomic E-state index is 0.0233. The van der Waals surface area contributed by atoms with Gasteiger partial charge in [0.25, 0.3) is 5.91 Å². The van der Waals surface area contributed by atoms with Crippen LogP contribution in [0.25, 0.3) is 0 Å². The average molecular weight is 413 g/mol. The molecule has 0 spiro atoms. The normalized spacial score (nSPS) is 13.7. The molecule has 2 aromatic heterocycles. The number of fused-ring (bicyclic) bond motifs is 1. The summed E-state index contributed by atoms with van der Waals surface area (Å²) in [4.78, 5) is 15.1. The first kappa shape index (κ1) is 19.2. The van der Waals surface area contributed by atoms with E-state index < -0.39 is 0 Å². The minimum atomic E-state index is -0.0233. The van der Waals surface area contributed by atoms with Crippen molar-refractivity contribution in [1.29, 1.82) is 0 Å². The molecule has 0 radical (unpaired) electrons. The van der Waals surface area contributed by atoms with Crippen LogP contribution in [0.3, 0.4) is 0 Å². The zero-order chi connectivity index (χ0) is 19.2. The number of benzene rings is 1. The van der Waals surface area contributed by atoms with E-state index in [1.807, 2.05) is 24.3 Å². The van der Waals surface area contributed by atoms with Crippen LogP contribution in [0.5, 0.6) is 0 Å². The van der Waals surface area contributed by atoms with Crippen molar-refractivity contribution in [3.05, 3.63) is 63.9 Å². The second-order valence-corrected chi connectivity index (χ2v) is 8.91. The quantitative estimate of drug-likeness (QED) is 0.587. The van der Waals surface area contributed by atoms with Crippen molar-refractivity contribution >= 4 is 29.0 Å². The van der Waals surface area contributed by atoms with E-state index in [-0.39, 0.29) is 5.91 Å². The molecule has 3 aromatic rings. The summed E-state index contributed by atoms with van der Waals surface area (Å²) in [6, 6.07) is 12.0. The Balaban J connectivity index is 1.35. The van der Waals surface area contributed by atoms with Gasteiger partial charge in [-0.25, -0.2) is 0 Å². The first-order valence-corrected chi connectivity index (χ1v) is 11.6. The third kappa shape index (κ3) is 4.64. The number of carbonyl (C=O) groups excluding carboxylic acids is 1. The van der Waals surface area contributed by atoms with Crippen molar-refractivity contribution in [3.63, 3.8) is 0 Å². The highest BCUT2D eigenvalue weighted by molar-refractivity contribution is 7.98. The summed E-state index contributed by atoms with van der Waals surface area (Å²) < 4.78 is 2.24. The van der Waals surface area contributed by atoms with Crippen LogP contribution in [0.4, 0.5) is 0 Å². The van der Waals surface area contributed by atoms with Gasteiger partial charge in [0.2, 0.25) is 0 Å². The van der Waals surface area contributed by atoms with E-state index in [2.05, 4.69) is 37.6 Å². The van der Waals surface area contributed by atoms with Crippen molar-refractivity contribution in [2.45, 2.75) is 49.3 Å². The molecule has 0 aliphatic carbocycles. The number of hydrogen-bond donors (Lipinski definition) is 1. The van der Waals surface area contributed by atoms with Crippen LogP contribution < -0.4 is 5.32 Å². The van der Waals surface area contributed by atoms with Crippen molar-refractivity contribution in [2.75, 3.05) is 6.54 Å². The van der Waals surface area contributed by atoms with Crippen LogP contribution >= 0.6 is 23.1 Å². The Hall–Kier alpha value is -2.12. The van der Waals surface area contributed by atoms with E-state index >= 15 is 0 Å². The van der Waals surface area contributed by atoms with Gasteiger partial charge in [0, 0.05) is 41.5 Å². The molecule has 1 aliphatic rings. The first-order chi connectivity index (χ1) is 13.8. The molecule has 3 heterocycles. The van der Waals surface area contributed by atoms with E-state index in [9.17, 15) is 4.79 Å². The lowest BCUT2D eigenvalue weighted by molar-refractivity contribution is 0.0951. The van der Waals surface area contributed by atoms with Gasteiger partial charge in [0.05, 0.1) is 5.56 Å². The molecule has 7 heteroatoms. The van der Waals surface area contributed by atoms with Crippen LogP contribution in [0.15, 0.2) is 46.7 Å². The number of thioether (sulfide) groups is 1. The molecule has 0 saturated carbocycles. The van der Waals surface area contributed by atoms with Crippen molar-refractivity contribution in [3.8, 4) is 0 Å². The molecule has 0 bridgehead atoms. The highest BCUT2D eigenvalue weighted by atomic mass is 32.2. The number of amides is 1. The van der Waals surface area contributed by atoms with Gasteiger partial charge in [-0.2, -0.15) is 0 Å². The molecule has 4 rings (SSSR count). The SMILES string of the molecule is O=C(NCCc1nnc2n1CCCCC2)c1ccccc1SCc1cccs1. The number of nitrogens with zero attached hydrogens (tertiary/aromatic N) is 3. The van der Waals surface area contributed by atoms with Crippen molar-refractivity contribution in [1.82, 2.24) is 20.1 Å². The molecule has 1 amide bonds. The molecule has 0 atom stereocenters. The molecule has 1 aliphatic heterocycles. The van der Waals surface area contributed by atoms with Gasteiger partial charge in [-0.3, -0.25) is 4.79 Å². The smallest absolute Gasteiger partial charge is 0.252 e. The average Bonchev–Trinajstić information content (AvgIpc) is 3.31. The minimum Gasteiger partial charge on any atom is -0.352 e. The fourth-order valence-electron chi connectivity index (χ4n) is 3.44. The summed E-state index contributed by atoms with van der Waals surface area (Å²) in [5.74, 6) is 2.94. The predicted octanol–water partition coefficient (Wildman–Crippen LogP) is 4.33. The van der Waals surface area contributed by atoms with Gasteiger partial charge in [0.1, 0.15) is 11.6 Å². The van der Waals surface area contributed by atoms with Gasteiger partial charge < -0.3 is 9.88 Å². The molecule has 1 N–H and O–H groups in total. The topological polar surface area (TPSA) is 59.8 Å². The van der Waals surface area contributed by atoms with Crippen molar-refractivity contribution < 1.29 is 4.79 Å². The Labute approximate surface area is 173 Å². The molecule has 1 aromatic carbocycles. The number of nitrogens with one attached hydrogen (secondary N) is 1. The number of rotatable bonds is 7. The Kier molecular flexibility index (Phi) is 6.44. The maximum absolute atomic E-state index is 12.7. The second-order valence-electron chi connectivity index (χ2n) is 6.86. The Bertz CT molecular complexity index is 920. The van der Waals surface area contributed by atoms with Gasteiger partial charge in [-0.05, 0) is 36.4 Å². The number of thiophene rings is 1. The summed E-state index contributed by atoms with van der Waals surface area (Å²) in [5.41, 5.74) is 0.740. The highest BCUT2D eigenvalue weighted by Gasteiger charge is 2.15. The second kappa shape index (κ2) is 9.39. The van der Waals surface area contributed by atoms with Crippen LogP contribution in [-0.2, 0) is 25.1 Å². The maximum Gasteiger partial charge on any atom is 0.252 e. The fraction of sp³-hybridized carbons (Fsp3) is 0.381. The number of carbonyl (C=O) groups is 1. The lowest BCUT2D eigenvalue weighted by Crippen LogP contribution is -2.27. The molecule has 0 unspecified atom stereocenters. The lowest BCUT2D eigenvalue weighted by atomic mass is 10.2.